The molecule has 0 spiro atoms. The Morgan fingerprint density at radius 2 is 2.19 bits per heavy atom. The van der Waals surface area contributed by atoms with E-state index in [0.717, 1.165) is 6.42 Å². The van der Waals surface area contributed by atoms with Crippen LogP contribution in [0, 0.1) is 0 Å². The molecule has 0 aromatic heterocycles. The van der Waals surface area contributed by atoms with Gasteiger partial charge in [0.2, 0.25) is 0 Å². The van der Waals surface area contributed by atoms with Gasteiger partial charge in [0.05, 0.1) is 13.2 Å². The number of rotatable bonds is 3. The summed E-state index contributed by atoms with van der Waals surface area (Å²) in [6.07, 6.45) is 1.57. The maximum Gasteiger partial charge on any atom is 0.305 e. The molecule has 2 heterocycles. The lowest BCUT2D eigenvalue weighted by atomic mass is 10.1. The fourth-order valence-electron chi connectivity index (χ4n) is 2.15. The standard InChI is InChI=1S/C11H18O5/c1-11(2)15-8-6-7(14-10(8)16-11)4-5-9(12)13-3/h7-8,10H,4-6H2,1-3H3/t7-,8+,10+/m0/s1. The first-order chi connectivity index (χ1) is 7.50. The summed E-state index contributed by atoms with van der Waals surface area (Å²) >= 11 is 0. The Balaban J connectivity index is 1.77. The molecule has 5 nitrogen and oxygen atoms in total. The fourth-order valence-corrected chi connectivity index (χ4v) is 2.15. The smallest absolute Gasteiger partial charge is 0.305 e. The van der Waals surface area contributed by atoms with Gasteiger partial charge in [-0.05, 0) is 20.3 Å². The van der Waals surface area contributed by atoms with E-state index in [2.05, 4.69) is 4.74 Å². The van der Waals surface area contributed by atoms with Gasteiger partial charge < -0.3 is 18.9 Å². The second-order valence-electron chi connectivity index (χ2n) is 4.65. The van der Waals surface area contributed by atoms with Crippen molar-refractivity contribution in [2.45, 2.75) is 57.4 Å². The molecule has 0 bridgehead atoms. The topological polar surface area (TPSA) is 54.0 Å². The molecule has 5 heteroatoms. The van der Waals surface area contributed by atoms with Crippen molar-refractivity contribution in [2.75, 3.05) is 7.11 Å². The molecule has 2 saturated heterocycles. The van der Waals surface area contributed by atoms with Crippen LogP contribution in [0.1, 0.15) is 33.1 Å². The maximum atomic E-state index is 11.0. The van der Waals surface area contributed by atoms with Crippen molar-refractivity contribution in [1.82, 2.24) is 0 Å². The number of ether oxygens (including phenoxy) is 4. The van der Waals surface area contributed by atoms with Crippen LogP contribution in [0.2, 0.25) is 0 Å². The first-order valence-electron chi connectivity index (χ1n) is 5.58. The monoisotopic (exact) mass is 230 g/mol. The van der Waals surface area contributed by atoms with Crippen LogP contribution >= 0.6 is 0 Å². The zero-order chi connectivity index (χ0) is 11.8. The van der Waals surface area contributed by atoms with Crippen LogP contribution in [0.4, 0.5) is 0 Å². The lowest BCUT2D eigenvalue weighted by Gasteiger charge is -2.20. The third-order valence-corrected chi connectivity index (χ3v) is 2.86. The van der Waals surface area contributed by atoms with Gasteiger partial charge in [0.1, 0.15) is 6.10 Å². The molecular formula is C11H18O5. The number of hydrogen-bond donors (Lipinski definition) is 0. The predicted octanol–water partition coefficient (Wildman–Crippen LogP) is 1.21. The first kappa shape index (κ1) is 11.8. The predicted molar refractivity (Wildman–Crippen MR) is 54.6 cm³/mol. The number of hydrogen-bond acceptors (Lipinski definition) is 5. The van der Waals surface area contributed by atoms with E-state index in [1.165, 1.54) is 7.11 Å². The number of fused-ring (bicyclic) bond motifs is 1. The normalized spacial score (nSPS) is 36.1. The Hall–Kier alpha value is -0.650. The Kier molecular flexibility index (Phi) is 3.19. The van der Waals surface area contributed by atoms with Crippen LogP contribution < -0.4 is 0 Å². The maximum absolute atomic E-state index is 11.0. The van der Waals surface area contributed by atoms with Gasteiger partial charge in [-0.3, -0.25) is 4.79 Å². The SMILES string of the molecule is COC(=O)CC[C@H]1C[C@H]2OC(C)(C)O[C@H]2O1. The highest BCUT2D eigenvalue weighted by Crippen LogP contribution is 2.38. The summed E-state index contributed by atoms with van der Waals surface area (Å²) in [7, 11) is 1.39. The van der Waals surface area contributed by atoms with Gasteiger partial charge in [-0.25, -0.2) is 0 Å². The van der Waals surface area contributed by atoms with Crippen molar-refractivity contribution >= 4 is 5.97 Å². The molecule has 2 aliphatic rings. The number of methoxy groups -OCH3 is 1. The molecular weight excluding hydrogens is 212 g/mol. The van der Waals surface area contributed by atoms with E-state index in [1.807, 2.05) is 13.8 Å². The summed E-state index contributed by atoms with van der Waals surface area (Å²) in [6.45, 7) is 3.75. The molecule has 16 heavy (non-hydrogen) atoms. The minimum Gasteiger partial charge on any atom is -0.469 e. The van der Waals surface area contributed by atoms with Crippen molar-refractivity contribution in [3.8, 4) is 0 Å². The van der Waals surface area contributed by atoms with Crippen LogP contribution in [0.15, 0.2) is 0 Å². The molecule has 0 aromatic carbocycles. The van der Waals surface area contributed by atoms with Crippen molar-refractivity contribution in [2.24, 2.45) is 0 Å². The quantitative estimate of drug-likeness (QED) is 0.682. The van der Waals surface area contributed by atoms with Crippen molar-refractivity contribution in [3.63, 3.8) is 0 Å². The van der Waals surface area contributed by atoms with Gasteiger partial charge in [0.25, 0.3) is 0 Å². The molecule has 2 rings (SSSR count). The third-order valence-electron chi connectivity index (χ3n) is 2.86. The highest BCUT2D eigenvalue weighted by atomic mass is 16.8. The van der Waals surface area contributed by atoms with Crippen LogP contribution in [0.25, 0.3) is 0 Å². The highest BCUT2D eigenvalue weighted by Gasteiger charge is 2.48. The lowest BCUT2D eigenvalue weighted by Crippen LogP contribution is -2.25. The Bertz CT molecular complexity index is 260. The molecule has 0 unspecified atom stereocenters. The van der Waals surface area contributed by atoms with Gasteiger partial charge in [-0.15, -0.1) is 0 Å². The van der Waals surface area contributed by atoms with Gasteiger partial charge in [0, 0.05) is 12.8 Å². The number of carbonyl (C=O) groups excluding carboxylic acids is 1. The zero-order valence-corrected chi connectivity index (χ0v) is 9.89. The second kappa shape index (κ2) is 4.31. The van der Waals surface area contributed by atoms with E-state index in [-0.39, 0.29) is 24.5 Å². The summed E-state index contributed by atoms with van der Waals surface area (Å²) in [6, 6.07) is 0. The zero-order valence-electron chi connectivity index (χ0n) is 9.89. The van der Waals surface area contributed by atoms with Crippen molar-refractivity contribution in [1.29, 1.82) is 0 Å². The molecule has 3 atom stereocenters. The number of carbonyl (C=O) groups is 1. The third kappa shape index (κ3) is 2.53. The molecule has 2 aliphatic heterocycles. The van der Waals surface area contributed by atoms with E-state index in [9.17, 15) is 4.79 Å². The lowest BCUT2D eigenvalue weighted by molar-refractivity contribution is -0.205. The van der Waals surface area contributed by atoms with E-state index in [0.29, 0.717) is 12.8 Å². The van der Waals surface area contributed by atoms with Crippen molar-refractivity contribution in [3.05, 3.63) is 0 Å². The summed E-state index contributed by atoms with van der Waals surface area (Å²) in [5.41, 5.74) is 0. The molecule has 0 aromatic rings. The second-order valence-corrected chi connectivity index (χ2v) is 4.65. The average Bonchev–Trinajstić information content (AvgIpc) is 2.67. The summed E-state index contributed by atoms with van der Waals surface area (Å²) in [5, 5.41) is 0. The van der Waals surface area contributed by atoms with Crippen LogP contribution in [0.5, 0.6) is 0 Å². The molecule has 0 aliphatic carbocycles. The van der Waals surface area contributed by atoms with Crippen LogP contribution in [-0.2, 0) is 23.7 Å². The Morgan fingerprint density at radius 1 is 1.44 bits per heavy atom. The van der Waals surface area contributed by atoms with Crippen LogP contribution in [0.3, 0.4) is 0 Å². The molecule has 0 radical (unpaired) electrons. The Labute approximate surface area is 95.0 Å². The largest absolute Gasteiger partial charge is 0.469 e. The number of esters is 1. The molecule has 2 fully saturated rings. The van der Waals surface area contributed by atoms with E-state index in [1.54, 1.807) is 0 Å². The highest BCUT2D eigenvalue weighted by molar-refractivity contribution is 5.69. The fraction of sp³-hybridized carbons (Fsp3) is 0.909. The van der Waals surface area contributed by atoms with E-state index in [4.69, 9.17) is 14.2 Å². The molecule has 0 N–H and O–H groups in total. The van der Waals surface area contributed by atoms with Gasteiger partial charge in [-0.2, -0.15) is 0 Å². The summed E-state index contributed by atoms with van der Waals surface area (Å²) in [5.74, 6) is -0.759. The molecule has 92 valence electrons. The minimum atomic E-state index is -0.553. The summed E-state index contributed by atoms with van der Waals surface area (Å²) in [4.78, 5) is 11.0. The van der Waals surface area contributed by atoms with Gasteiger partial charge >= 0.3 is 5.97 Å². The first-order valence-corrected chi connectivity index (χ1v) is 5.58. The van der Waals surface area contributed by atoms with Gasteiger partial charge in [-0.1, -0.05) is 0 Å². The molecule has 0 saturated carbocycles. The summed E-state index contributed by atoms with van der Waals surface area (Å²) < 4.78 is 21.5. The average molecular weight is 230 g/mol. The minimum absolute atomic E-state index is 0.00218. The molecule has 0 amide bonds. The van der Waals surface area contributed by atoms with Crippen LogP contribution in [-0.4, -0.2) is 37.4 Å². The van der Waals surface area contributed by atoms with E-state index >= 15 is 0 Å². The van der Waals surface area contributed by atoms with E-state index < -0.39 is 5.79 Å². The van der Waals surface area contributed by atoms with Crippen molar-refractivity contribution < 1.29 is 23.7 Å². The Morgan fingerprint density at radius 3 is 2.81 bits per heavy atom. The van der Waals surface area contributed by atoms with Gasteiger partial charge in [0.15, 0.2) is 12.1 Å².